The fourth-order valence-corrected chi connectivity index (χ4v) is 16.5. The maximum atomic E-state index is 6.48. The van der Waals surface area contributed by atoms with Gasteiger partial charge in [0.2, 0.25) is 0 Å². The van der Waals surface area contributed by atoms with Crippen molar-refractivity contribution in [3.63, 3.8) is 0 Å². The lowest BCUT2D eigenvalue weighted by Gasteiger charge is -2.17. The highest BCUT2D eigenvalue weighted by atomic mass is 16.3. The number of rotatable bonds is 9. The first kappa shape index (κ1) is 52.1. The molecule has 0 amide bonds. The van der Waals surface area contributed by atoms with E-state index >= 15 is 0 Å². The molecule has 6 heterocycles. The molecule has 0 radical (unpaired) electrons. The van der Waals surface area contributed by atoms with Crippen molar-refractivity contribution in [3.8, 4) is 22.3 Å². The Morgan fingerprint density at radius 3 is 1.15 bits per heavy atom. The Labute approximate surface area is 530 Å². The van der Waals surface area contributed by atoms with Crippen LogP contribution >= 0.6 is 0 Å². The first-order valence-corrected chi connectivity index (χ1v) is 33.1. The lowest BCUT2D eigenvalue weighted by Crippen LogP contribution is -1.99. The predicted molar refractivity (Wildman–Crippen MR) is 392 cm³/mol. The fraction of sp³-hybridized carbons (Fsp3) is 0.136. The van der Waals surface area contributed by atoms with E-state index in [0.29, 0.717) is 23.7 Å². The van der Waals surface area contributed by atoms with E-state index < -0.39 is 0 Å². The first-order valence-electron chi connectivity index (χ1n) is 33.1. The predicted octanol–water partition coefficient (Wildman–Crippen LogP) is 25.7. The standard InChI is InChI=1S/C88H64N2O2/c1-47(2)51-20-24-56-43-78-69(35-60(56)30-51)74-39-64(55-28-29-84-73(34-55)67-12-7-9-15-82(67)91-84)40-75-70-37-62-32-53(22-26-58(62)45-79(70)89(78)87(74)75)49(5)18-19-50(6)54-23-27-59-46-81-72(38-63(59)33-54)77-42-65(66-14-11-17-85-86(66)68-13-8-10-16-83(68)92-85)41-76-71-36-61-31-52(48(3)4)21-25-57(61)44-80(71)90(81)88(76)77/h7-17,20-50H,18-19H2,1-6H3. The topological polar surface area (TPSA) is 35.1 Å². The van der Waals surface area contributed by atoms with Crippen LogP contribution in [-0.2, 0) is 0 Å². The van der Waals surface area contributed by atoms with Crippen LogP contribution in [0.15, 0.2) is 239 Å². The highest BCUT2D eigenvalue weighted by Crippen LogP contribution is 2.49. The van der Waals surface area contributed by atoms with Gasteiger partial charge in [-0.25, -0.2) is 0 Å². The number of hydrogen-bond donors (Lipinski definition) is 0. The van der Waals surface area contributed by atoms with E-state index in [1.807, 2.05) is 0 Å². The Bertz CT molecular complexity index is 6560. The second kappa shape index (κ2) is 18.9. The number of nitrogens with zero attached hydrogens (tertiary/aromatic N) is 2. The molecule has 2 unspecified atom stereocenters. The van der Waals surface area contributed by atoms with Gasteiger partial charge >= 0.3 is 0 Å². The van der Waals surface area contributed by atoms with Gasteiger partial charge in [0, 0.05) is 64.6 Å². The molecule has 0 fully saturated rings. The number of hydrogen-bond acceptors (Lipinski definition) is 2. The van der Waals surface area contributed by atoms with Gasteiger partial charge < -0.3 is 17.6 Å². The van der Waals surface area contributed by atoms with Crippen molar-refractivity contribution >= 4 is 163 Å². The SMILES string of the molecule is CC(C)c1ccc2cc3c(cc2c1)c1cc(-c2ccc4oc5ccccc5c4c2)cc2c4cc5cc(C(C)CCC(C)c6ccc7cc8c(cc7c6)c6cc(-c7cccc9oc%10ccccc%10c79)cc7c9cc%10cc(C(C)C)ccc%10cc9n8c76)ccc5cc4n3c12. The molecule has 0 aliphatic carbocycles. The zero-order valence-corrected chi connectivity index (χ0v) is 52.4. The summed E-state index contributed by atoms with van der Waals surface area (Å²) in [4.78, 5) is 0. The molecule has 92 heavy (non-hydrogen) atoms. The van der Waals surface area contributed by atoms with Crippen LogP contribution < -0.4 is 0 Å². The first-order chi connectivity index (χ1) is 45.0. The number of aromatic nitrogens is 2. The Kier molecular flexibility index (Phi) is 10.7. The summed E-state index contributed by atoms with van der Waals surface area (Å²) in [5.74, 6) is 1.67. The summed E-state index contributed by atoms with van der Waals surface area (Å²) in [6.45, 7) is 14.0. The molecule has 4 heteroatoms. The minimum Gasteiger partial charge on any atom is -0.456 e. The van der Waals surface area contributed by atoms with Crippen LogP contribution in [0.3, 0.4) is 0 Å². The van der Waals surface area contributed by atoms with Gasteiger partial charge in [0.25, 0.3) is 0 Å². The van der Waals surface area contributed by atoms with Crippen LogP contribution in [0.4, 0.5) is 0 Å². The number of furan rings is 2. The third-order valence-electron chi connectivity index (χ3n) is 21.6. The minimum atomic E-state index is 0.378. The molecule has 0 N–H and O–H groups in total. The van der Waals surface area contributed by atoms with Crippen LogP contribution in [-0.4, -0.2) is 8.80 Å². The lowest BCUT2D eigenvalue weighted by molar-refractivity contribution is 0.574. The highest BCUT2D eigenvalue weighted by molar-refractivity contribution is 6.29. The third-order valence-corrected chi connectivity index (χ3v) is 21.6. The van der Waals surface area contributed by atoms with Crippen LogP contribution in [0.1, 0.15) is 100 Å². The van der Waals surface area contributed by atoms with Gasteiger partial charge in [-0.05, 0) is 227 Å². The van der Waals surface area contributed by atoms with Crippen LogP contribution in [0.5, 0.6) is 0 Å². The summed E-state index contributed by atoms with van der Waals surface area (Å²) in [6.07, 6.45) is 2.17. The summed E-state index contributed by atoms with van der Waals surface area (Å²) in [6, 6.07) is 88.2. The molecule has 4 nitrogen and oxygen atoms in total. The van der Waals surface area contributed by atoms with Gasteiger partial charge in [-0.2, -0.15) is 0 Å². The summed E-state index contributed by atoms with van der Waals surface area (Å²) in [5.41, 5.74) is 21.6. The fourth-order valence-electron chi connectivity index (χ4n) is 16.5. The average molecular weight is 1180 g/mol. The quantitative estimate of drug-likeness (QED) is 0.144. The summed E-state index contributed by atoms with van der Waals surface area (Å²) in [5, 5.41) is 25.2. The lowest BCUT2D eigenvalue weighted by atomic mass is 9.87. The molecule has 0 saturated heterocycles. The van der Waals surface area contributed by atoms with Crippen molar-refractivity contribution in [2.45, 2.75) is 78.1 Å². The van der Waals surface area contributed by atoms with Crippen molar-refractivity contribution in [1.82, 2.24) is 8.80 Å². The zero-order valence-electron chi connectivity index (χ0n) is 52.4. The average Bonchev–Trinajstić information content (AvgIpc) is 1.54. The van der Waals surface area contributed by atoms with Crippen molar-refractivity contribution < 1.29 is 8.83 Å². The highest BCUT2D eigenvalue weighted by Gasteiger charge is 2.25. The second-order valence-corrected chi connectivity index (χ2v) is 27.7. The molecule has 20 rings (SSSR count). The Morgan fingerprint density at radius 2 is 0.663 bits per heavy atom. The summed E-state index contributed by atoms with van der Waals surface area (Å²) < 4.78 is 17.9. The van der Waals surface area contributed by atoms with Crippen LogP contribution in [0.25, 0.3) is 185 Å². The Hall–Kier alpha value is -10.7. The van der Waals surface area contributed by atoms with Gasteiger partial charge in [0.05, 0.1) is 33.1 Å². The molecule has 0 bridgehead atoms. The van der Waals surface area contributed by atoms with E-state index in [1.54, 1.807) is 0 Å². The number of fused-ring (bicyclic) bond motifs is 22. The van der Waals surface area contributed by atoms with Gasteiger partial charge in [-0.1, -0.05) is 169 Å². The van der Waals surface area contributed by atoms with E-state index in [0.717, 1.165) is 51.3 Å². The van der Waals surface area contributed by atoms with E-state index in [2.05, 4.69) is 281 Å². The molecule has 0 aliphatic rings. The number of benzene rings is 14. The van der Waals surface area contributed by atoms with Crippen molar-refractivity contribution in [1.29, 1.82) is 0 Å². The van der Waals surface area contributed by atoms with Gasteiger partial charge in [0.15, 0.2) is 0 Å². The smallest absolute Gasteiger partial charge is 0.136 e. The molecule has 2 atom stereocenters. The maximum Gasteiger partial charge on any atom is 0.136 e. The normalized spacial score (nSPS) is 13.5. The Morgan fingerprint density at radius 1 is 0.272 bits per heavy atom. The van der Waals surface area contributed by atoms with Crippen molar-refractivity contribution in [3.05, 3.63) is 253 Å². The van der Waals surface area contributed by atoms with E-state index in [-0.39, 0.29) is 0 Å². The second-order valence-electron chi connectivity index (χ2n) is 27.7. The molecule has 0 spiro atoms. The molecule has 20 aromatic rings. The van der Waals surface area contributed by atoms with Gasteiger partial charge in [-0.15, -0.1) is 0 Å². The minimum absolute atomic E-state index is 0.378. The van der Waals surface area contributed by atoms with E-state index in [4.69, 9.17) is 8.83 Å². The largest absolute Gasteiger partial charge is 0.456 e. The molecule has 6 aromatic heterocycles. The third kappa shape index (κ3) is 7.46. The molecule has 438 valence electrons. The number of para-hydroxylation sites is 2. The van der Waals surface area contributed by atoms with Gasteiger partial charge in [0.1, 0.15) is 22.3 Å². The summed E-state index contributed by atoms with van der Waals surface area (Å²) >= 11 is 0. The molecule has 0 aliphatic heterocycles. The van der Waals surface area contributed by atoms with Crippen molar-refractivity contribution in [2.24, 2.45) is 0 Å². The van der Waals surface area contributed by atoms with E-state index in [1.165, 1.54) is 169 Å². The van der Waals surface area contributed by atoms with Crippen molar-refractivity contribution in [2.75, 3.05) is 0 Å². The zero-order chi connectivity index (χ0) is 61.1. The van der Waals surface area contributed by atoms with Crippen LogP contribution in [0, 0.1) is 0 Å². The summed E-state index contributed by atoms with van der Waals surface area (Å²) in [7, 11) is 0. The van der Waals surface area contributed by atoms with Crippen LogP contribution in [0.2, 0.25) is 0 Å². The molecular weight excluding hydrogens is 1120 g/mol. The molecule has 0 saturated carbocycles. The van der Waals surface area contributed by atoms with Gasteiger partial charge in [-0.3, -0.25) is 0 Å². The molecular formula is C88H64N2O2. The Balaban J connectivity index is 0.666. The monoisotopic (exact) mass is 1180 g/mol. The maximum absolute atomic E-state index is 6.48. The van der Waals surface area contributed by atoms with E-state index in [9.17, 15) is 0 Å². The molecule has 14 aromatic carbocycles.